The molecule has 0 spiro atoms. The van der Waals surface area contributed by atoms with Crippen LogP contribution in [0.1, 0.15) is 18.0 Å². The number of hydrogen-bond donors (Lipinski definition) is 2. The van der Waals surface area contributed by atoms with E-state index in [2.05, 4.69) is 10.2 Å². The number of nitrogens with one attached hydrogen (secondary N) is 1. The number of nitrogens with two attached hydrogens (primary N) is 1. The highest BCUT2D eigenvalue weighted by molar-refractivity contribution is 5.30. The van der Waals surface area contributed by atoms with Gasteiger partial charge in [0.15, 0.2) is 0 Å². The normalized spacial score (nSPS) is 13.3. The molecule has 0 radical (unpaired) electrons. The standard InChI is InChI=1S/C12H17F3N2O2/c1-18-10-4-2-3-9(7-10)11(17-16)5-6-19-8-12(13,14)15/h2-4,7,11,17H,5-6,8,16H2,1H3. The van der Waals surface area contributed by atoms with Gasteiger partial charge in [-0.05, 0) is 24.1 Å². The van der Waals surface area contributed by atoms with Crippen molar-refractivity contribution in [2.75, 3.05) is 20.3 Å². The third kappa shape index (κ3) is 5.91. The van der Waals surface area contributed by atoms with Crippen molar-refractivity contribution in [2.24, 2.45) is 5.84 Å². The third-order valence-electron chi connectivity index (χ3n) is 2.51. The van der Waals surface area contributed by atoms with Crippen LogP contribution in [0.2, 0.25) is 0 Å². The zero-order valence-electron chi connectivity index (χ0n) is 10.5. The summed E-state index contributed by atoms with van der Waals surface area (Å²) in [6, 6.07) is 6.86. The molecule has 0 saturated carbocycles. The van der Waals surface area contributed by atoms with E-state index in [-0.39, 0.29) is 12.6 Å². The lowest BCUT2D eigenvalue weighted by molar-refractivity contribution is -0.174. The minimum atomic E-state index is -4.30. The van der Waals surface area contributed by atoms with Gasteiger partial charge >= 0.3 is 6.18 Å². The van der Waals surface area contributed by atoms with Crippen LogP contribution < -0.4 is 16.0 Å². The fourth-order valence-corrected chi connectivity index (χ4v) is 1.59. The molecule has 0 aliphatic carbocycles. The van der Waals surface area contributed by atoms with Crippen LogP contribution >= 0.6 is 0 Å². The molecule has 0 saturated heterocycles. The average Bonchev–Trinajstić information content (AvgIpc) is 2.37. The molecule has 1 aromatic rings. The monoisotopic (exact) mass is 278 g/mol. The number of alkyl halides is 3. The average molecular weight is 278 g/mol. The summed E-state index contributed by atoms with van der Waals surface area (Å²) in [4.78, 5) is 0. The van der Waals surface area contributed by atoms with E-state index in [1.165, 1.54) is 7.11 Å². The Hall–Kier alpha value is -1.31. The molecular weight excluding hydrogens is 261 g/mol. The number of hydrogen-bond acceptors (Lipinski definition) is 4. The van der Waals surface area contributed by atoms with E-state index in [0.717, 1.165) is 5.56 Å². The summed E-state index contributed by atoms with van der Waals surface area (Å²) < 4.78 is 45.3. The molecule has 1 aromatic carbocycles. The van der Waals surface area contributed by atoms with Gasteiger partial charge in [-0.1, -0.05) is 12.1 Å². The fraction of sp³-hybridized carbons (Fsp3) is 0.500. The van der Waals surface area contributed by atoms with Crippen molar-refractivity contribution >= 4 is 0 Å². The molecule has 0 aliphatic rings. The van der Waals surface area contributed by atoms with Crippen molar-refractivity contribution in [2.45, 2.75) is 18.6 Å². The Labute approximate surface area is 109 Å². The lowest BCUT2D eigenvalue weighted by Crippen LogP contribution is -2.29. The number of benzene rings is 1. The molecule has 3 N–H and O–H groups in total. The van der Waals surface area contributed by atoms with Crippen LogP contribution in [0, 0.1) is 0 Å². The SMILES string of the molecule is COc1cccc(C(CCOCC(F)(F)F)NN)c1. The van der Waals surface area contributed by atoms with Gasteiger partial charge in [0.25, 0.3) is 0 Å². The maximum absolute atomic E-state index is 11.9. The van der Waals surface area contributed by atoms with E-state index in [0.29, 0.717) is 12.2 Å². The van der Waals surface area contributed by atoms with E-state index in [1.54, 1.807) is 18.2 Å². The van der Waals surface area contributed by atoms with E-state index in [1.807, 2.05) is 6.07 Å². The zero-order chi connectivity index (χ0) is 14.3. The smallest absolute Gasteiger partial charge is 0.411 e. The first-order valence-corrected chi connectivity index (χ1v) is 5.71. The van der Waals surface area contributed by atoms with Crippen LogP contribution in [0.4, 0.5) is 13.2 Å². The second kappa shape index (κ2) is 7.32. The number of rotatable bonds is 7. The summed E-state index contributed by atoms with van der Waals surface area (Å²) in [5.74, 6) is 6.06. The highest BCUT2D eigenvalue weighted by atomic mass is 19.4. The quantitative estimate of drug-likeness (QED) is 0.456. The van der Waals surface area contributed by atoms with E-state index in [9.17, 15) is 13.2 Å². The maximum Gasteiger partial charge on any atom is 0.411 e. The number of ether oxygens (including phenoxy) is 2. The molecule has 1 unspecified atom stereocenters. The molecule has 0 bridgehead atoms. The van der Waals surface area contributed by atoms with E-state index >= 15 is 0 Å². The summed E-state index contributed by atoms with van der Waals surface area (Å²) in [7, 11) is 1.54. The van der Waals surface area contributed by atoms with Crippen LogP contribution in [0.5, 0.6) is 5.75 Å². The van der Waals surface area contributed by atoms with Gasteiger partial charge in [0.2, 0.25) is 0 Å². The Bertz CT molecular complexity index is 385. The molecular formula is C12H17F3N2O2. The molecule has 0 fully saturated rings. The van der Waals surface area contributed by atoms with Gasteiger partial charge in [0, 0.05) is 12.6 Å². The predicted octanol–water partition coefficient (Wildman–Crippen LogP) is 2.17. The Kier molecular flexibility index (Phi) is 6.07. The van der Waals surface area contributed by atoms with Crippen LogP contribution in [-0.2, 0) is 4.74 Å². The minimum absolute atomic E-state index is 0.0361. The topological polar surface area (TPSA) is 56.5 Å². The van der Waals surface area contributed by atoms with Crippen molar-refractivity contribution < 1.29 is 22.6 Å². The molecule has 0 heterocycles. The van der Waals surface area contributed by atoms with Crippen LogP contribution in [-0.4, -0.2) is 26.5 Å². The summed E-state index contributed by atoms with van der Waals surface area (Å²) in [6.45, 7) is -1.28. The van der Waals surface area contributed by atoms with Crippen LogP contribution in [0.3, 0.4) is 0 Å². The van der Waals surface area contributed by atoms with E-state index < -0.39 is 12.8 Å². The summed E-state index contributed by atoms with van der Waals surface area (Å²) in [5.41, 5.74) is 3.38. The van der Waals surface area contributed by atoms with Gasteiger partial charge in [-0.3, -0.25) is 11.3 Å². The van der Waals surface area contributed by atoms with Gasteiger partial charge in [0.05, 0.1) is 7.11 Å². The van der Waals surface area contributed by atoms with E-state index in [4.69, 9.17) is 10.6 Å². The van der Waals surface area contributed by atoms with Gasteiger partial charge in [-0.25, -0.2) is 0 Å². The van der Waals surface area contributed by atoms with Gasteiger partial charge in [0.1, 0.15) is 12.4 Å². The molecule has 4 nitrogen and oxygen atoms in total. The first-order chi connectivity index (χ1) is 8.96. The predicted molar refractivity (Wildman–Crippen MR) is 64.5 cm³/mol. The molecule has 19 heavy (non-hydrogen) atoms. The first kappa shape index (κ1) is 15.7. The molecule has 1 rings (SSSR count). The molecule has 0 aliphatic heterocycles. The number of halogens is 3. The lowest BCUT2D eigenvalue weighted by Gasteiger charge is -2.17. The summed E-state index contributed by atoms with van der Waals surface area (Å²) in [6.07, 6.45) is -3.97. The van der Waals surface area contributed by atoms with Crippen molar-refractivity contribution in [1.29, 1.82) is 0 Å². The second-order valence-corrected chi connectivity index (χ2v) is 3.95. The van der Waals surface area contributed by atoms with Gasteiger partial charge in [-0.15, -0.1) is 0 Å². The third-order valence-corrected chi connectivity index (χ3v) is 2.51. The number of methoxy groups -OCH3 is 1. The Morgan fingerprint density at radius 1 is 1.37 bits per heavy atom. The fourth-order valence-electron chi connectivity index (χ4n) is 1.59. The Morgan fingerprint density at radius 3 is 2.68 bits per heavy atom. The summed E-state index contributed by atoms with van der Waals surface area (Å²) >= 11 is 0. The molecule has 0 amide bonds. The second-order valence-electron chi connectivity index (χ2n) is 3.95. The van der Waals surface area contributed by atoms with Gasteiger partial charge < -0.3 is 9.47 Å². The molecule has 0 aromatic heterocycles. The lowest BCUT2D eigenvalue weighted by atomic mass is 10.0. The van der Waals surface area contributed by atoms with Crippen molar-refractivity contribution in [3.05, 3.63) is 29.8 Å². The zero-order valence-corrected chi connectivity index (χ0v) is 10.5. The Balaban J connectivity index is 2.48. The summed E-state index contributed by atoms with van der Waals surface area (Å²) in [5, 5.41) is 0. The van der Waals surface area contributed by atoms with Crippen LogP contribution in [0.15, 0.2) is 24.3 Å². The van der Waals surface area contributed by atoms with Crippen molar-refractivity contribution in [3.8, 4) is 5.75 Å². The van der Waals surface area contributed by atoms with Crippen molar-refractivity contribution in [3.63, 3.8) is 0 Å². The Morgan fingerprint density at radius 2 is 2.11 bits per heavy atom. The highest BCUT2D eigenvalue weighted by Crippen LogP contribution is 2.21. The van der Waals surface area contributed by atoms with Crippen LogP contribution in [0.25, 0.3) is 0 Å². The van der Waals surface area contributed by atoms with Gasteiger partial charge in [-0.2, -0.15) is 13.2 Å². The first-order valence-electron chi connectivity index (χ1n) is 5.71. The largest absolute Gasteiger partial charge is 0.497 e. The highest BCUT2D eigenvalue weighted by Gasteiger charge is 2.27. The number of hydrazine groups is 1. The molecule has 108 valence electrons. The molecule has 7 heteroatoms. The maximum atomic E-state index is 11.9. The van der Waals surface area contributed by atoms with Crippen molar-refractivity contribution in [1.82, 2.24) is 5.43 Å². The molecule has 1 atom stereocenters. The minimum Gasteiger partial charge on any atom is -0.497 e.